The topological polar surface area (TPSA) is 35.8 Å². The van der Waals surface area contributed by atoms with Crippen LogP contribution in [0.1, 0.15) is 51.4 Å². The summed E-state index contributed by atoms with van der Waals surface area (Å²) < 4.78 is 35.8. The smallest absolute Gasteiger partial charge is 0.313 e. The van der Waals surface area contributed by atoms with Crippen molar-refractivity contribution in [2.75, 3.05) is 6.54 Å². The molecular formula is C13H21F3N2. The third-order valence-corrected chi connectivity index (χ3v) is 3.48. The molecule has 1 N–H and O–H groups in total. The first kappa shape index (κ1) is 15.3. The Morgan fingerprint density at radius 2 is 1.83 bits per heavy atom. The van der Waals surface area contributed by atoms with E-state index in [1.54, 1.807) is 0 Å². The molecule has 2 unspecified atom stereocenters. The molecule has 18 heavy (non-hydrogen) atoms. The first-order valence-corrected chi connectivity index (χ1v) is 6.72. The van der Waals surface area contributed by atoms with E-state index in [1.807, 2.05) is 0 Å². The molecule has 1 aliphatic carbocycles. The van der Waals surface area contributed by atoms with Gasteiger partial charge in [-0.05, 0) is 32.2 Å². The number of nitrogens with zero attached hydrogens (tertiary/aromatic N) is 1. The van der Waals surface area contributed by atoms with Gasteiger partial charge in [-0.15, -0.1) is 0 Å². The van der Waals surface area contributed by atoms with Crippen LogP contribution in [0, 0.1) is 17.2 Å². The number of halogens is 3. The highest BCUT2D eigenvalue weighted by molar-refractivity contribution is 4.93. The molecule has 0 bridgehead atoms. The van der Waals surface area contributed by atoms with Crippen LogP contribution in [-0.2, 0) is 0 Å². The van der Waals surface area contributed by atoms with Crippen LogP contribution in [0.3, 0.4) is 0 Å². The van der Waals surface area contributed by atoms with Crippen LogP contribution in [0.4, 0.5) is 13.2 Å². The van der Waals surface area contributed by atoms with E-state index in [9.17, 15) is 13.2 Å². The molecule has 1 saturated carbocycles. The Morgan fingerprint density at radius 1 is 1.11 bits per heavy atom. The summed E-state index contributed by atoms with van der Waals surface area (Å²) in [6.45, 7) is 0.582. The van der Waals surface area contributed by atoms with Crippen molar-refractivity contribution in [2.24, 2.45) is 5.92 Å². The van der Waals surface area contributed by atoms with Gasteiger partial charge in [0, 0.05) is 12.5 Å². The summed E-state index contributed by atoms with van der Waals surface area (Å²) in [4.78, 5) is 0. The Labute approximate surface area is 107 Å². The number of rotatable bonds is 5. The van der Waals surface area contributed by atoms with E-state index in [0.29, 0.717) is 13.0 Å². The second-order valence-electron chi connectivity index (χ2n) is 5.01. The minimum Gasteiger partial charge on any atom is -0.313 e. The quantitative estimate of drug-likeness (QED) is 0.604. The van der Waals surface area contributed by atoms with Crippen molar-refractivity contribution in [1.82, 2.24) is 5.32 Å². The van der Waals surface area contributed by atoms with E-state index in [2.05, 4.69) is 11.4 Å². The number of hydrogen-bond acceptors (Lipinski definition) is 2. The Balaban J connectivity index is 2.18. The van der Waals surface area contributed by atoms with Gasteiger partial charge in [-0.3, -0.25) is 0 Å². The Hall–Kier alpha value is -0.760. The summed E-state index contributed by atoms with van der Waals surface area (Å²) in [6.07, 6.45) is 1.18. The first-order chi connectivity index (χ1) is 8.53. The summed E-state index contributed by atoms with van der Waals surface area (Å²) in [7, 11) is 0. The van der Waals surface area contributed by atoms with E-state index >= 15 is 0 Å². The van der Waals surface area contributed by atoms with E-state index in [1.165, 1.54) is 0 Å². The Morgan fingerprint density at radius 3 is 2.50 bits per heavy atom. The highest BCUT2D eigenvalue weighted by atomic mass is 19.4. The number of unbranched alkanes of at least 4 members (excludes halogenated alkanes) is 1. The summed E-state index contributed by atoms with van der Waals surface area (Å²) >= 11 is 0. The van der Waals surface area contributed by atoms with Gasteiger partial charge in [-0.1, -0.05) is 19.3 Å². The number of alkyl halides is 3. The maximum Gasteiger partial charge on any atom is 0.389 e. The van der Waals surface area contributed by atoms with Gasteiger partial charge in [0.2, 0.25) is 0 Å². The highest BCUT2D eigenvalue weighted by Gasteiger charge is 2.26. The second-order valence-corrected chi connectivity index (χ2v) is 5.01. The van der Waals surface area contributed by atoms with Gasteiger partial charge in [-0.25, -0.2) is 0 Å². The summed E-state index contributed by atoms with van der Waals surface area (Å²) in [5.41, 5.74) is 0. The normalized spacial score (nSPS) is 25.4. The number of nitriles is 1. The van der Waals surface area contributed by atoms with E-state index in [-0.39, 0.29) is 18.4 Å². The van der Waals surface area contributed by atoms with Gasteiger partial charge in [0.1, 0.15) is 0 Å². The lowest BCUT2D eigenvalue weighted by molar-refractivity contribution is -0.135. The molecule has 2 nitrogen and oxygen atoms in total. The molecule has 2 atom stereocenters. The van der Waals surface area contributed by atoms with Crippen LogP contribution in [0.25, 0.3) is 0 Å². The van der Waals surface area contributed by atoms with Crippen LogP contribution in [-0.4, -0.2) is 18.8 Å². The summed E-state index contributed by atoms with van der Waals surface area (Å²) in [5, 5.41) is 12.3. The Kier molecular flexibility index (Phi) is 6.48. The standard InChI is InChI=1S/C13H21F3N2/c14-13(15,16)8-4-5-9-18-12-7-3-1-2-6-11(12)10-17/h11-12,18H,1-9H2. The molecule has 0 spiro atoms. The van der Waals surface area contributed by atoms with E-state index < -0.39 is 12.6 Å². The molecule has 5 heteroatoms. The summed E-state index contributed by atoms with van der Waals surface area (Å²) in [5.74, 6) is 0.0233. The van der Waals surface area contributed by atoms with Gasteiger partial charge in [0.05, 0.1) is 12.0 Å². The molecule has 0 aromatic carbocycles. The zero-order valence-electron chi connectivity index (χ0n) is 10.6. The third-order valence-electron chi connectivity index (χ3n) is 3.48. The number of nitrogens with one attached hydrogen (secondary N) is 1. The SMILES string of the molecule is N#CC1CCCCCC1NCCCCC(F)(F)F. The monoisotopic (exact) mass is 262 g/mol. The van der Waals surface area contributed by atoms with Gasteiger partial charge in [0.15, 0.2) is 0 Å². The molecule has 104 valence electrons. The fraction of sp³-hybridized carbons (Fsp3) is 0.923. The largest absolute Gasteiger partial charge is 0.389 e. The maximum absolute atomic E-state index is 11.9. The van der Waals surface area contributed by atoms with Crippen molar-refractivity contribution in [3.05, 3.63) is 0 Å². The van der Waals surface area contributed by atoms with Crippen LogP contribution in [0.5, 0.6) is 0 Å². The van der Waals surface area contributed by atoms with Crippen LogP contribution < -0.4 is 5.32 Å². The van der Waals surface area contributed by atoms with E-state index in [4.69, 9.17) is 5.26 Å². The lowest BCUT2D eigenvalue weighted by atomic mass is 9.96. The lowest BCUT2D eigenvalue weighted by Gasteiger charge is -2.20. The molecule has 1 fully saturated rings. The molecule has 1 rings (SSSR count). The van der Waals surface area contributed by atoms with Crippen molar-refractivity contribution in [1.29, 1.82) is 5.26 Å². The van der Waals surface area contributed by atoms with Crippen molar-refractivity contribution in [2.45, 2.75) is 63.6 Å². The fourth-order valence-corrected chi connectivity index (χ4v) is 2.44. The first-order valence-electron chi connectivity index (χ1n) is 6.72. The van der Waals surface area contributed by atoms with Crippen molar-refractivity contribution in [3.63, 3.8) is 0 Å². The maximum atomic E-state index is 11.9. The zero-order valence-corrected chi connectivity index (χ0v) is 10.6. The lowest BCUT2D eigenvalue weighted by Crippen LogP contribution is -2.35. The molecule has 0 saturated heterocycles. The highest BCUT2D eigenvalue weighted by Crippen LogP contribution is 2.24. The van der Waals surface area contributed by atoms with Crippen LogP contribution in [0.15, 0.2) is 0 Å². The van der Waals surface area contributed by atoms with Crippen molar-refractivity contribution in [3.8, 4) is 6.07 Å². The molecular weight excluding hydrogens is 241 g/mol. The average Bonchev–Trinajstić information content (AvgIpc) is 2.52. The second kappa shape index (κ2) is 7.63. The molecule has 0 amide bonds. The third kappa shape index (κ3) is 6.25. The van der Waals surface area contributed by atoms with Crippen molar-refractivity contribution < 1.29 is 13.2 Å². The van der Waals surface area contributed by atoms with Gasteiger partial charge in [-0.2, -0.15) is 18.4 Å². The van der Waals surface area contributed by atoms with Crippen LogP contribution in [0.2, 0.25) is 0 Å². The molecule has 0 aliphatic heterocycles. The minimum absolute atomic E-state index is 0.0233. The predicted octanol–water partition coefficient (Wildman–Crippen LogP) is 3.78. The molecule has 1 aliphatic rings. The molecule has 0 aromatic heterocycles. The Bertz CT molecular complexity index is 270. The molecule has 0 aromatic rings. The summed E-state index contributed by atoms with van der Waals surface area (Å²) in [6, 6.07) is 2.49. The van der Waals surface area contributed by atoms with Crippen LogP contribution >= 0.6 is 0 Å². The minimum atomic E-state index is -4.04. The zero-order chi connectivity index (χ0) is 13.4. The molecule has 0 radical (unpaired) electrons. The average molecular weight is 262 g/mol. The number of hydrogen-bond donors (Lipinski definition) is 1. The molecule has 0 heterocycles. The van der Waals surface area contributed by atoms with Gasteiger partial charge in [0.25, 0.3) is 0 Å². The van der Waals surface area contributed by atoms with Crippen molar-refractivity contribution >= 4 is 0 Å². The van der Waals surface area contributed by atoms with Gasteiger partial charge < -0.3 is 5.32 Å². The predicted molar refractivity (Wildman–Crippen MR) is 63.9 cm³/mol. The fourth-order valence-electron chi connectivity index (χ4n) is 2.44. The van der Waals surface area contributed by atoms with Gasteiger partial charge >= 0.3 is 6.18 Å². The van der Waals surface area contributed by atoms with E-state index in [0.717, 1.165) is 32.1 Å².